The Kier molecular flexibility index (Phi) is 9.10. The van der Waals surface area contributed by atoms with Crippen molar-refractivity contribution in [2.24, 2.45) is 11.8 Å². The standard InChI is InChI=1S/C17H22Cl6N2O6/c18-11-12(19)16(21)10(14(31)25(3-7-28)4-8-29)9(15(11,20)17(16,22)23)13(30)24(1-5-26)2-6-27/h9-10,26-29H,1-8H2. The van der Waals surface area contributed by atoms with E-state index in [1.807, 2.05) is 0 Å². The molecule has 0 aliphatic heterocycles. The summed E-state index contributed by atoms with van der Waals surface area (Å²) in [6.45, 7) is -2.45. The molecule has 1 fully saturated rings. The lowest BCUT2D eigenvalue weighted by Crippen LogP contribution is -2.55. The van der Waals surface area contributed by atoms with Crippen LogP contribution in [0.2, 0.25) is 0 Å². The van der Waals surface area contributed by atoms with E-state index in [-0.39, 0.29) is 36.2 Å². The zero-order chi connectivity index (χ0) is 23.8. The summed E-state index contributed by atoms with van der Waals surface area (Å²) in [5.74, 6) is -4.61. The minimum absolute atomic E-state index is 0.178. The van der Waals surface area contributed by atoms with Gasteiger partial charge in [-0.3, -0.25) is 9.59 Å². The maximum atomic E-state index is 13.5. The third-order valence-corrected chi connectivity index (χ3v) is 9.83. The molecule has 8 nitrogen and oxygen atoms in total. The van der Waals surface area contributed by atoms with Crippen LogP contribution in [0.1, 0.15) is 0 Å². The van der Waals surface area contributed by atoms with Crippen molar-refractivity contribution >= 4 is 81.4 Å². The van der Waals surface area contributed by atoms with Gasteiger partial charge in [0, 0.05) is 26.2 Å². The molecular formula is C17H22Cl6N2O6. The van der Waals surface area contributed by atoms with Crippen LogP contribution < -0.4 is 0 Å². The second kappa shape index (κ2) is 10.3. The third kappa shape index (κ3) is 3.95. The van der Waals surface area contributed by atoms with Crippen LogP contribution in [0, 0.1) is 11.8 Å². The number of nitrogens with zero attached hydrogens (tertiary/aromatic N) is 2. The Hall–Kier alpha value is 0.260. The van der Waals surface area contributed by atoms with Crippen molar-refractivity contribution in [3.63, 3.8) is 0 Å². The van der Waals surface area contributed by atoms with Crippen molar-refractivity contribution in [2.75, 3.05) is 52.6 Å². The van der Waals surface area contributed by atoms with Crippen molar-refractivity contribution in [2.45, 2.75) is 14.1 Å². The molecule has 2 amide bonds. The Morgan fingerprint density at radius 3 is 1.16 bits per heavy atom. The van der Waals surface area contributed by atoms with Gasteiger partial charge in [-0.15, -0.1) is 23.2 Å². The maximum absolute atomic E-state index is 13.5. The number of amides is 2. The second-order valence-corrected chi connectivity index (χ2v) is 10.4. The number of halogens is 6. The van der Waals surface area contributed by atoms with Crippen LogP contribution in [0.4, 0.5) is 0 Å². The van der Waals surface area contributed by atoms with Gasteiger partial charge >= 0.3 is 0 Å². The maximum Gasteiger partial charge on any atom is 0.229 e. The van der Waals surface area contributed by atoms with E-state index in [1.54, 1.807) is 0 Å². The van der Waals surface area contributed by atoms with Crippen molar-refractivity contribution in [1.82, 2.24) is 9.80 Å². The van der Waals surface area contributed by atoms with Crippen LogP contribution in [0.25, 0.3) is 0 Å². The first-order chi connectivity index (χ1) is 14.4. The summed E-state index contributed by atoms with van der Waals surface area (Å²) < 4.78 is -2.20. The van der Waals surface area contributed by atoms with Gasteiger partial charge in [-0.1, -0.05) is 46.4 Å². The lowest BCUT2D eigenvalue weighted by atomic mass is 9.79. The summed E-state index contributed by atoms with van der Waals surface area (Å²) in [5.41, 5.74) is 0. The fourth-order valence-electron chi connectivity index (χ4n) is 4.15. The zero-order valence-electron chi connectivity index (χ0n) is 16.1. The molecular weight excluding hydrogens is 541 g/mol. The number of allylic oxidation sites excluding steroid dienone is 2. The Morgan fingerprint density at radius 2 is 0.935 bits per heavy atom. The summed E-state index contributed by atoms with van der Waals surface area (Å²) in [5, 5.41) is 36.7. The molecule has 2 aliphatic rings. The van der Waals surface area contributed by atoms with E-state index < -0.39 is 64.2 Å². The molecule has 4 atom stereocenters. The van der Waals surface area contributed by atoms with Gasteiger partial charge in [0.25, 0.3) is 0 Å². The molecule has 2 rings (SSSR count). The minimum Gasteiger partial charge on any atom is -0.395 e. The molecule has 1 saturated carbocycles. The van der Waals surface area contributed by atoms with Crippen LogP contribution in [-0.4, -0.2) is 109 Å². The predicted octanol–water partition coefficient (Wildman–Crippen LogP) is 0.691. The highest BCUT2D eigenvalue weighted by Crippen LogP contribution is 2.76. The number of carbonyl (C=O) groups excluding carboxylic acids is 2. The van der Waals surface area contributed by atoms with Crippen molar-refractivity contribution < 1.29 is 30.0 Å². The number of hydrogen-bond acceptors (Lipinski definition) is 6. The van der Waals surface area contributed by atoms with Gasteiger partial charge in [0.1, 0.15) is 9.75 Å². The van der Waals surface area contributed by atoms with Crippen LogP contribution in [0.3, 0.4) is 0 Å². The van der Waals surface area contributed by atoms with Crippen LogP contribution >= 0.6 is 69.6 Å². The Bertz CT molecular complexity index is 685. The van der Waals surface area contributed by atoms with Crippen molar-refractivity contribution in [1.29, 1.82) is 0 Å². The minimum atomic E-state index is -2.20. The molecule has 4 unspecified atom stereocenters. The van der Waals surface area contributed by atoms with Crippen LogP contribution in [0.15, 0.2) is 10.1 Å². The largest absolute Gasteiger partial charge is 0.395 e. The number of rotatable bonds is 10. The Morgan fingerprint density at radius 1 is 0.677 bits per heavy atom. The van der Waals surface area contributed by atoms with Gasteiger partial charge in [0.05, 0.1) is 48.3 Å². The third-order valence-electron chi connectivity index (χ3n) is 5.57. The van der Waals surface area contributed by atoms with Gasteiger partial charge in [0.15, 0.2) is 4.33 Å². The summed E-state index contributed by atoms with van der Waals surface area (Å²) >= 11 is 39.3. The number of alkyl halides is 4. The monoisotopic (exact) mass is 560 g/mol. The number of aliphatic hydroxyl groups excluding tert-OH is 4. The quantitative estimate of drug-likeness (QED) is 0.291. The summed E-state index contributed by atoms with van der Waals surface area (Å²) in [6, 6.07) is 0. The van der Waals surface area contributed by atoms with E-state index in [1.165, 1.54) is 0 Å². The van der Waals surface area contributed by atoms with E-state index in [0.29, 0.717) is 0 Å². The van der Waals surface area contributed by atoms with Gasteiger partial charge in [-0.05, 0) is 0 Å². The lowest BCUT2D eigenvalue weighted by Gasteiger charge is -2.39. The van der Waals surface area contributed by atoms with E-state index in [4.69, 9.17) is 69.6 Å². The normalized spacial score (nSPS) is 31.3. The summed E-state index contributed by atoms with van der Waals surface area (Å²) in [6.07, 6.45) is 0. The molecule has 14 heteroatoms. The molecule has 0 spiro atoms. The van der Waals surface area contributed by atoms with Crippen molar-refractivity contribution in [3.05, 3.63) is 10.1 Å². The Labute approximate surface area is 209 Å². The molecule has 2 bridgehead atoms. The highest BCUT2D eigenvalue weighted by Gasteiger charge is 2.85. The van der Waals surface area contributed by atoms with E-state index in [2.05, 4.69) is 0 Å². The molecule has 178 valence electrons. The summed E-state index contributed by atoms with van der Waals surface area (Å²) in [7, 11) is 0. The first kappa shape index (κ1) is 27.5. The summed E-state index contributed by atoms with van der Waals surface area (Å²) in [4.78, 5) is 25.0. The fraction of sp³-hybridized carbons (Fsp3) is 0.765. The molecule has 0 radical (unpaired) electrons. The predicted molar refractivity (Wildman–Crippen MR) is 119 cm³/mol. The number of fused-ring (bicyclic) bond motifs is 2. The Balaban J connectivity index is 2.69. The zero-order valence-corrected chi connectivity index (χ0v) is 20.6. The molecule has 0 aromatic rings. The van der Waals surface area contributed by atoms with Crippen LogP contribution in [-0.2, 0) is 9.59 Å². The molecule has 0 heterocycles. The first-order valence-corrected chi connectivity index (χ1v) is 11.5. The van der Waals surface area contributed by atoms with Gasteiger partial charge < -0.3 is 30.2 Å². The number of carbonyl (C=O) groups is 2. The first-order valence-electron chi connectivity index (χ1n) is 9.26. The average molecular weight is 563 g/mol. The highest BCUT2D eigenvalue weighted by atomic mass is 35.5. The number of aliphatic hydroxyl groups is 4. The second-order valence-electron chi connectivity index (χ2n) is 7.13. The fourth-order valence-corrected chi connectivity index (χ4v) is 7.08. The highest BCUT2D eigenvalue weighted by molar-refractivity contribution is 6.66. The molecule has 4 N–H and O–H groups in total. The molecule has 0 saturated heterocycles. The molecule has 31 heavy (non-hydrogen) atoms. The van der Waals surface area contributed by atoms with Gasteiger partial charge in [-0.2, -0.15) is 0 Å². The molecule has 0 aromatic carbocycles. The van der Waals surface area contributed by atoms with Crippen LogP contribution in [0.5, 0.6) is 0 Å². The van der Waals surface area contributed by atoms with Gasteiger partial charge in [0.2, 0.25) is 11.8 Å². The lowest BCUT2D eigenvalue weighted by molar-refractivity contribution is -0.147. The molecule has 0 aromatic heterocycles. The van der Waals surface area contributed by atoms with E-state index in [9.17, 15) is 30.0 Å². The van der Waals surface area contributed by atoms with E-state index in [0.717, 1.165) is 9.80 Å². The van der Waals surface area contributed by atoms with E-state index >= 15 is 0 Å². The molecule has 2 aliphatic carbocycles. The van der Waals surface area contributed by atoms with Crippen molar-refractivity contribution in [3.8, 4) is 0 Å². The topological polar surface area (TPSA) is 122 Å². The average Bonchev–Trinajstić information content (AvgIpc) is 2.92. The smallest absolute Gasteiger partial charge is 0.229 e. The number of hydrogen-bond donors (Lipinski definition) is 4. The van der Waals surface area contributed by atoms with Gasteiger partial charge in [-0.25, -0.2) is 0 Å². The SMILES string of the molecule is O=C(C1C(C(=O)N(CCO)CCO)C2(Cl)C(Cl)=C(Cl)C1(Cl)C2(Cl)Cl)N(CCO)CCO.